The predicted octanol–water partition coefficient (Wildman–Crippen LogP) is 5.88. The lowest BCUT2D eigenvalue weighted by atomic mass is 10.00. The number of rotatable bonds is 5. The van der Waals surface area contributed by atoms with Crippen LogP contribution in [-0.2, 0) is 0 Å². The standard InChI is InChI=1S/C22H25NO2S/c1-15-20(19(24)14-26-22(2,3)4)21(25-23-15)18-12-10-17(11-13-18)16-8-6-5-7-9-16/h5-13,19,24H,14H2,1-4H3. The Morgan fingerprint density at radius 3 is 2.15 bits per heavy atom. The molecule has 0 aliphatic carbocycles. The summed E-state index contributed by atoms with van der Waals surface area (Å²) in [6.45, 7) is 8.32. The number of hydrogen-bond donors (Lipinski definition) is 1. The maximum absolute atomic E-state index is 10.7. The smallest absolute Gasteiger partial charge is 0.172 e. The molecule has 0 aliphatic heterocycles. The average molecular weight is 368 g/mol. The molecule has 1 N–H and O–H groups in total. The summed E-state index contributed by atoms with van der Waals surface area (Å²) in [7, 11) is 0. The molecule has 4 heteroatoms. The van der Waals surface area contributed by atoms with E-state index < -0.39 is 6.10 Å². The van der Waals surface area contributed by atoms with E-state index in [0.29, 0.717) is 11.5 Å². The molecule has 0 saturated heterocycles. The Bertz CT molecular complexity index is 848. The molecule has 3 nitrogen and oxygen atoms in total. The Hall–Kier alpha value is -2.04. The van der Waals surface area contributed by atoms with E-state index >= 15 is 0 Å². The summed E-state index contributed by atoms with van der Waals surface area (Å²) in [4.78, 5) is 0. The number of nitrogens with zero attached hydrogens (tertiary/aromatic N) is 1. The Morgan fingerprint density at radius 1 is 0.962 bits per heavy atom. The van der Waals surface area contributed by atoms with Crippen LogP contribution in [0.25, 0.3) is 22.5 Å². The number of benzene rings is 2. The van der Waals surface area contributed by atoms with Crippen LogP contribution in [0.3, 0.4) is 0 Å². The summed E-state index contributed by atoms with van der Waals surface area (Å²) in [5, 5.41) is 14.8. The second kappa shape index (κ2) is 7.68. The topological polar surface area (TPSA) is 46.3 Å². The van der Waals surface area contributed by atoms with Gasteiger partial charge in [0.15, 0.2) is 5.76 Å². The zero-order valence-corrected chi connectivity index (χ0v) is 16.5. The molecule has 1 unspecified atom stereocenters. The fourth-order valence-corrected chi connectivity index (χ4v) is 3.66. The lowest BCUT2D eigenvalue weighted by Gasteiger charge is -2.20. The van der Waals surface area contributed by atoms with Crippen molar-refractivity contribution in [1.29, 1.82) is 0 Å². The number of aliphatic hydroxyl groups excluding tert-OH is 1. The third-order valence-electron chi connectivity index (χ3n) is 4.17. The molecule has 1 aromatic heterocycles. The fraction of sp³-hybridized carbons (Fsp3) is 0.318. The first-order valence-corrected chi connectivity index (χ1v) is 9.78. The summed E-state index contributed by atoms with van der Waals surface area (Å²) >= 11 is 1.73. The Morgan fingerprint density at radius 2 is 1.54 bits per heavy atom. The van der Waals surface area contributed by atoms with Crippen molar-refractivity contribution >= 4 is 11.8 Å². The van der Waals surface area contributed by atoms with Gasteiger partial charge in [-0.15, -0.1) is 0 Å². The maximum Gasteiger partial charge on any atom is 0.172 e. The first kappa shape index (κ1) is 18.7. The summed E-state index contributed by atoms with van der Waals surface area (Å²) in [6.07, 6.45) is -0.603. The van der Waals surface area contributed by atoms with Gasteiger partial charge in [-0.3, -0.25) is 0 Å². The Kier molecular flexibility index (Phi) is 5.54. The van der Waals surface area contributed by atoms with Gasteiger partial charge in [0, 0.05) is 16.1 Å². The molecule has 1 atom stereocenters. The number of aromatic nitrogens is 1. The van der Waals surface area contributed by atoms with Crippen molar-refractivity contribution in [1.82, 2.24) is 5.16 Å². The molecule has 0 radical (unpaired) electrons. The summed E-state index contributed by atoms with van der Waals surface area (Å²) in [5.74, 6) is 1.27. The Labute approximate surface area is 159 Å². The number of thioether (sulfide) groups is 1. The van der Waals surface area contributed by atoms with Gasteiger partial charge in [-0.05, 0) is 18.1 Å². The van der Waals surface area contributed by atoms with Crippen LogP contribution in [0.4, 0.5) is 0 Å². The van der Waals surface area contributed by atoms with Crippen molar-refractivity contribution in [3.05, 3.63) is 65.9 Å². The van der Waals surface area contributed by atoms with E-state index in [2.05, 4.69) is 50.2 Å². The third-order valence-corrected chi connectivity index (χ3v) is 5.52. The number of aryl methyl sites for hydroxylation is 1. The summed E-state index contributed by atoms with van der Waals surface area (Å²) in [5.41, 5.74) is 4.79. The summed E-state index contributed by atoms with van der Waals surface area (Å²) in [6, 6.07) is 18.4. The van der Waals surface area contributed by atoms with E-state index in [4.69, 9.17) is 4.52 Å². The highest BCUT2D eigenvalue weighted by molar-refractivity contribution is 8.00. The second-order valence-electron chi connectivity index (χ2n) is 7.39. The predicted molar refractivity (Wildman–Crippen MR) is 109 cm³/mol. The van der Waals surface area contributed by atoms with E-state index in [0.717, 1.165) is 22.4 Å². The molecule has 0 amide bonds. The zero-order valence-electron chi connectivity index (χ0n) is 15.7. The van der Waals surface area contributed by atoms with Gasteiger partial charge >= 0.3 is 0 Å². The molecule has 3 aromatic rings. The van der Waals surface area contributed by atoms with Gasteiger partial charge in [0.05, 0.1) is 17.4 Å². The van der Waals surface area contributed by atoms with E-state index in [9.17, 15) is 5.11 Å². The average Bonchev–Trinajstić information content (AvgIpc) is 3.01. The van der Waals surface area contributed by atoms with Crippen molar-refractivity contribution in [3.8, 4) is 22.5 Å². The van der Waals surface area contributed by atoms with Crippen LogP contribution in [-0.4, -0.2) is 20.8 Å². The molecule has 3 rings (SSSR count). The Balaban J connectivity index is 1.86. The van der Waals surface area contributed by atoms with Crippen LogP contribution in [0.15, 0.2) is 59.1 Å². The lowest BCUT2D eigenvalue weighted by Crippen LogP contribution is -2.12. The molecule has 2 aromatic carbocycles. The molecular weight excluding hydrogens is 342 g/mol. The SMILES string of the molecule is Cc1noc(-c2ccc(-c3ccccc3)cc2)c1C(O)CSC(C)(C)C. The monoisotopic (exact) mass is 367 g/mol. The summed E-state index contributed by atoms with van der Waals surface area (Å²) < 4.78 is 5.66. The molecule has 0 spiro atoms. The molecule has 1 heterocycles. The molecule has 136 valence electrons. The fourth-order valence-electron chi connectivity index (χ4n) is 2.83. The van der Waals surface area contributed by atoms with E-state index in [1.807, 2.05) is 37.3 Å². The van der Waals surface area contributed by atoms with Gasteiger partial charge < -0.3 is 9.63 Å². The van der Waals surface area contributed by atoms with E-state index in [-0.39, 0.29) is 4.75 Å². The van der Waals surface area contributed by atoms with Crippen LogP contribution in [0.2, 0.25) is 0 Å². The van der Waals surface area contributed by atoms with Crippen LogP contribution >= 0.6 is 11.8 Å². The molecule has 0 bridgehead atoms. The quantitative estimate of drug-likeness (QED) is 0.611. The van der Waals surface area contributed by atoms with Gasteiger partial charge in [0.2, 0.25) is 0 Å². The van der Waals surface area contributed by atoms with Crippen molar-refractivity contribution in [3.63, 3.8) is 0 Å². The first-order valence-electron chi connectivity index (χ1n) is 8.79. The zero-order chi connectivity index (χ0) is 18.7. The largest absolute Gasteiger partial charge is 0.387 e. The first-order chi connectivity index (χ1) is 12.3. The van der Waals surface area contributed by atoms with Gasteiger partial charge in [-0.25, -0.2) is 0 Å². The number of aliphatic hydroxyl groups is 1. The molecule has 0 aliphatic rings. The third kappa shape index (κ3) is 4.37. The molecular formula is C22H25NO2S. The van der Waals surface area contributed by atoms with Crippen molar-refractivity contribution in [2.24, 2.45) is 0 Å². The second-order valence-corrected chi connectivity index (χ2v) is 9.24. The molecule has 26 heavy (non-hydrogen) atoms. The van der Waals surface area contributed by atoms with Gasteiger partial charge in [-0.2, -0.15) is 11.8 Å². The van der Waals surface area contributed by atoms with E-state index in [1.165, 1.54) is 5.56 Å². The van der Waals surface area contributed by atoms with Crippen LogP contribution in [0, 0.1) is 6.92 Å². The minimum atomic E-state index is -0.603. The normalized spacial score (nSPS) is 13.0. The van der Waals surface area contributed by atoms with Crippen molar-refractivity contribution in [2.45, 2.75) is 38.5 Å². The van der Waals surface area contributed by atoms with Crippen molar-refractivity contribution in [2.75, 3.05) is 5.75 Å². The minimum absolute atomic E-state index is 0.101. The van der Waals surface area contributed by atoms with Crippen LogP contribution < -0.4 is 0 Å². The van der Waals surface area contributed by atoms with Gasteiger partial charge in [0.1, 0.15) is 0 Å². The van der Waals surface area contributed by atoms with Crippen LogP contribution in [0.1, 0.15) is 38.1 Å². The lowest BCUT2D eigenvalue weighted by molar-refractivity contribution is 0.203. The number of hydrogen-bond acceptors (Lipinski definition) is 4. The highest BCUT2D eigenvalue weighted by Gasteiger charge is 2.24. The molecule has 0 saturated carbocycles. The van der Waals surface area contributed by atoms with E-state index in [1.54, 1.807) is 11.8 Å². The van der Waals surface area contributed by atoms with Crippen LogP contribution in [0.5, 0.6) is 0 Å². The van der Waals surface area contributed by atoms with Gasteiger partial charge in [0.25, 0.3) is 0 Å². The maximum atomic E-state index is 10.7. The van der Waals surface area contributed by atoms with Gasteiger partial charge in [-0.1, -0.05) is 80.5 Å². The minimum Gasteiger partial charge on any atom is -0.387 e. The molecule has 0 fully saturated rings. The van der Waals surface area contributed by atoms with Crippen molar-refractivity contribution < 1.29 is 9.63 Å². The highest BCUT2D eigenvalue weighted by atomic mass is 32.2. The highest BCUT2D eigenvalue weighted by Crippen LogP contribution is 2.35.